The van der Waals surface area contributed by atoms with Gasteiger partial charge in [-0.15, -0.1) is 0 Å². The Morgan fingerprint density at radius 3 is 2.80 bits per heavy atom. The number of carbonyl (C=O) groups is 1. The highest BCUT2D eigenvalue weighted by Gasteiger charge is 2.55. The quantitative estimate of drug-likeness (QED) is 0.622. The lowest BCUT2D eigenvalue weighted by molar-refractivity contribution is 0.0701. The number of hydrogen-bond donors (Lipinski definition) is 2. The highest BCUT2D eigenvalue weighted by atomic mass is 32.2. The minimum Gasteiger partial charge on any atom is -0.383 e. The standard InChI is InChI=1S/C20H23N5O4S/c1-29-13-20(6-7-20)30(27,28)23-18-11-15-12-24(8-9-25(15)22-18)19(26)17-10-14-4-2-3-5-16(14)21-17/h2-5,10-11,21H,6-9,12-13H2,1H3,(H,22,23). The number of nitrogens with one attached hydrogen (secondary N) is 2. The molecule has 0 saturated heterocycles. The maximum Gasteiger partial charge on any atom is 0.270 e. The van der Waals surface area contributed by atoms with Gasteiger partial charge in [-0.3, -0.25) is 14.2 Å². The van der Waals surface area contributed by atoms with Gasteiger partial charge in [-0.1, -0.05) is 18.2 Å². The summed E-state index contributed by atoms with van der Waals surface area (Å²) < 4.78 is 34.0. The molecule has 3 heterocycles. The van der Waals surface area contributed by atoms with E-state index in [1.807, 2.05) is 30.3 Å². The van der Waals surface area contributed by atoms with Crippen LogP contribution in [0.4, 0.5) is 5.82 Å². The molecule has 0 atom stereocenters. The number of para-hydroxylation sites is 1. The Balaban J connectivity index is 1.32. The molecule has 158 valence electrons. The Labute approximate surface area is 174 Å². The molecular formula is C20H23N5O4S. The molecule has 3 aromatic rings. The fourth-order valence-corrected chi connectivity index (χ4v) is 5.49. The molecule has 1 amide bonds. The number of fused-ring (bicyclic) bond motifs is 2. The molecule has 30 heavy (non-hydrogen) atoms. The van der Waals surface area contributed by atoms with Gasteiger partial charge in [-0.2, -0.15) is 5.10 Å². The zero-order valence-corrected chi connectivity index (χ0v) is 17.4. The smallest absolute Gasteiger partial charge is 0.270 e. The second-order valence-electron chi connectivity index (χ2n) is 7.96. The zero-order valence-electron chi connectivity index (χ0n) is 16.6. The third-order valence-electron chi connectivity index (χ3n) is 5.87. The molecule has 2 aromatic heterocycles. The Morgan fingerprint density at radius 1 is 1.27 bits per heavy atom. The zero-order chi connectivity index (χ0) is 20.9. The number of anilines is 1. The van der Waals surface area contributed by atoms with Crippen molar-refractivity contribution in [2.45, 2.75) is 30.7 Å². The van der Waals surface area contributed by atoms with E-state index in [-0.39, 0.29) is 18.3 Å². The number of ether oxygens (including phenoxy) is 1. The number of rotatable bonds is 6. The van der Waals surface area contributed by atoms with Gasteiger partial charge in [0.2, 0.25) is 10.0 Å². The monoisotopic (exact) mass is 429 g/mol. The average molecular weight is 430 g/mol. The summed E-state index contributed by atoms with van der Waals surface area (Å²) in [6.07, 6.45) is 1.16. The molecule has 5 rings (SSSR count). The molecule has 2 N–H and O–H groups in total. The van der Waals surface area contributed by atoms with E-state index >= 15 is 0 Å². The van der Waals surface area contributed by atoms with Crippen LogP contribution in [0, 0.1) is 0 Å². The molecule has 0 radical (unpaired) electrons. The number of sulfonamides is 1. The van der Waals surface area contributed by atoms with E-state index in [0.717, 1.165) is 16.6 Å². The number of hydrogen-bond acceptors (Lipinski definition) is 5. The summed E-state index contributed by atoms with van der Waals surface area (Å²) in [6, 6.07) is 11.3. The maximum absolute atomic E-state index is 13.0. The first kappa shape index (κ1) is 19.1. The van der Waals surface area contributed by atoms with Crippen LogP contribution in [-0.4, -0.2) is 59.0 Å². The summed E-state index contributed by atoms with van der Waals surface area (Å²) in [5.41, 5.74) is 2.25. The number of aromatic nitrogens is 3. The molecule has 2 aliphatic rings. The molecule has 1 aliphatic heterocycles. The lowest BCUT2D eigenvalue weighted by Crippen LogP contribution is -2.38. The summed E-state index contributed by atoms with van der Waals surface area (Å²) >= 11 is 0. The van der Waals surface area contributed by atoms with Gasteiger partial charge in [0.1, 0.15) is 10.4 Å². The number of methoxy groups -OCH3 is 1. The molecule has 0 bridgehead atoms. The van der Waals surface area contributed by atoms with Crippen LogP contribution in [0.5, 0.6) is 0 Å². The van der Waals surface area contributed by atoms with Gasteiger partial charge in [-0.05, 0) is 25.0 Å². The van der Waals surface area contributed by atoms with Crippen LogP contribution in [0.3, 0.4) is 0 Å². The van der Waals surface area contributed by atoms with Gasteiger partial charge in [-0.25, -0.2) is 8.42 Å². The Hall–Kier alpha value is -2.85. The van der Waals surface area contributed by atoms with Crippen molar-refractivity contribution in [1.29, 1.82) is 0 Å². The predicted molar refractivity (Wildman–Crippen MR) is 112 cm³/mol. The van der Waals surface area contributed by atoms with Crippen molar-refractivity contribution in [3.8, 4) is 0 Å². The van der Waals surface area contributed by atoms with E-state index < -0.39 is 14.8 Å². The van der Waals surface area contributed by atoms with Crippen molar-refractivity contribution in [3.63, 3.8) is 0 Å². The highest BCUT2D eigenvalue weighted by Crippen LogP contribution is 2.44. The summed E-state index contributed by atoms with van der Waals surface area (Å²) in [6.45, 7) is 1.55. The van der Waals surface area contributed by atoms with Crippen molar-refractivity contribution < 1.29 is 17.9 Å². The second-order valence-corrected chi connectivity index (χ2v) is 10.0. The SMILES string of the molecule is COCC1(S(=O)(=O)Nc2cc3n(n2)CCN(C(=O)c2cc4ccccc4[nH]2)C3)CC1. The van der Waals surface area contributed by atoms with Gasteiger partial charge in [0.05, 0.1) is 25.4 Å². The van der Waals surface area contributed by atoms with E-state index in [2.05, 4.69) is 14.8 Å². The Kier molecular flexibility index (Phi) is 4.37. The number of aromatic amines is 1. The largest absolute Gasteiger partial charge is 0.383 e. The third-order valence-corrected chi connectivity index (χ3v) is 8.01. The molecule has 1 fully saturated rings. The molecule has 1 aliphatic carbocycles. The second kappa shape index (κ2) is 6.85. The van der Waals surface area contributed by atoms with E-state index in [9.17, 15) is 13.2 Å². The predicted octanol–water partition coefficient (Wildman–Crippen LogP) is 1.94. The summed E-state index contributed by atoms with van der Waals surface area (Å²) in [7, 11) is -2.08. The minimum absolute atomic E-state index is 0.0854. The van der Waals surface area contributed by atoms with Crippen LogP contribution in [0.25, 0.3) is 10.9 Å². The molecule has 9 nitrogen and oxygen atoms in total. The molecule has 0 spiro atoms. The van der Waals surface area contributed by atoms with Gasteiger partial charge < -0.3 is 14.6 Å². The van der Waals surface area contributed by atoms with Gasteiger partial charge in [0, 0.05) is 30.6 Å². The number of carbonyl (C=O) groups excluding carboxylic acids is 1. The topological polar surface area (TPSA) is 109 Å². The summed E-state index contributed by atoms with van der Waals surface area (Å²) in [4.78, 5) is 17.9. The van der Waals surface area contributed by atoms with Crippen molar-refractivity contribution in [2.24, 2.45) is 0 Å². The van der Waals surface area contributed by atoms with Crippen molar-refractivity contribution >= 4 is 32.7 Å². The van der Waals surface area contributed by atoms with Crippen LogP contribution in [0.2, 0.25) is 0 Å². The van der Waals surface area contributed by atoms with E-state index in [1.54, 1.807) is 15.6 Å². The number of nitrogens with zero attached hydrogens (tertiary/aromatic N) is 3. The number of benzene rings is 1. The van der Waals surface area contributed by atoms with E-state index in [1.165, 1.54) is 7.11 Å². The highest BCUT2D eigenvalue weighted by molar-refractivity contribution is 7.94. The first-order valence-corrected chi connectivity index (χ1v) is 11.3. The van der Waals surface area contributed by atoms with Crippen LogP contribution >= 0.6 is 0 Å². The lowest BCUT2D eigenvalue weighted by Gasteiger charge is -2.27. The average Bonchev–Trinajstić information content (AvgIpc) is 3.23. The van der Waals surface area contributed by atoms with Crippen LogP contribution in [-0.2, 0) is 27.8 Å². The lowest BCUT2D eigenvalue weighted by atomic mass is 10.2. The normalized spacial score (nSPS) is 17.7. The molecule has 0 unspecified atom stereocenters. The first-order valence-electron chi connectivity index (χ1n) is 9.86. The minimum atomic E-state index is -3.59. The van der Waals surface area contributed by atoms with E-state index in [0.29, 0.717) is 38.2 Å². The third kappa shape index (κ3) is 3.16. The van der Waals surface area contributed by atoms with Crippen LogP contribution in [0.1, 0.15) is 29.0 Å². The fraction of sp³-hybridized carbons (Fsp3) is 0.400. The van der Waals surface area contributed by atoms with Gasteiger partial charge in [0.25, 0.3) is 5.91 Å². The fourth-order valence-electron chi connectivity index (χ4n) is 3.99. The Bertz CT molecular complexity index is 1190. The van der Waals surface area contributed by atoms with Gasteiger partial charge in [0.15, 0.2) is 5.82 Å². The molecule has 1 saturated carbocycles. The van der Waals surface area contributed by atoms with Crippen LogP contribution in [0.15, 0.2) is 36.4 Å². The number of H-pyrrole nitrogens is 1. The van der Waals surface area contributed by atoms with Crippen LogP contribution < -0.4 is 4.72 Å². The Morgan fingerprint density at radius 2 is 2.07 bits per heavy atom. The molecule has 10 heteroatoms. The summed E-state index contributed by atoms with van der Waals surface area (Å²) in [5.74, 6) is 0.199. The maximum atomic E-state index is 13.0. The van der Waals surface area contributed by atoms with Gasteiger partial charge >= 0.3 is 0 Å². The van der Waals surface area contributed by atoms with Crippen molar-refractivity contribution in [1.82, 2.24) is 19.7 Å². The summed E-state index contributed by atoms with van der Waals surface area (Å²) in [5, 5.41) is 5.37. The first-order chi connectivity index (χ1) is 14.4. The van der Waals surface area contributed by atoms with E-state index in [4.69, 9.17) is 4.74 Å². The van der Waals surface area contributed by atoms with Crippen molar-refractivity contribution in [3.05, 3.63) is 47.8 Å². The molecule has 1 aromatic carbocycles. The number of amides is 1. The van der Waals surface area contributed by atoms with Crippen molar-refractivity contribution in [2.75, 3.05) is 25.0 Å². The molecular weight excluding hydrogens is 406 g/mol.